The Bertz CT molecular complexity index is 514. The van der Waals surface area contributed by atoms with Gasteiger partial charge in [-0.1, -0.05) is 0 Å². The number of amides is 1. The second-order valence-corrected chi connectivity index (χ2v) is 7.05. The third-order valence-electron chi connectivity index (χ3n) is 3.70. The van der Waals surface area contributed by atoms with Gasteiger partial charge in [-0.05, 0) is 64.8 Å². The number of fused-ring (bicyclic) bond motifs is 1. The first-order valence-electron chi connectivity index (χ1n) is 6.68. The van der Waals surface area contributed by atoms with Crippen molar-refractivity contribution in [2.45, 2.75) is 31.1 Å². The zero-order valence-electron chi connectivity index (χ0n) is 11.0. The predicted molar refractivity (Wildman–Crippen MR) is 82.5 cm³/mol. The van der Waals surface area contributed by atoms with Gasteiger partial charge in [0, 0.05) is 41.6 Å². The minimum Gasteiger partial charge on any atom is -0.312 e. The lowest BCUT2D eigenvalue weighted by Gasteiger charge is -2.18. The third-order valence-corrected chi connectivity index (χ3v) is 5.78. The molecule has 1 aromatic carbocycles. The van der Waals surface area contributed by atoms with Crippen molar-refractivity contribution in [3.05, 3.63) is 22.2 Å². The smallest absolute Gasteiger partial charge is 0.223 e. The first-order chi connectivity index (χ1) is 9.15. The van der Waals surface area contributed by atoms with Crippen molar-refractivity contribution in [2.24, 2.45) is 0 Å². The molecule has 0 unspecified atom stereocenters. The molecule has 102 valence electrons. The lowest BCUT2D eigenvalue weighted by molar-refractivity contribution is -0.116. The highest BCUT2D eigenvalue weighted by Crippen LogP contribution is 2.39. The molecule has 5 heteroatoms. The maximum Gasteiger partial charge on any atom is 0.223 e. The largest absolute Gasteiger partial charge is 0.312 e. The van der Waals surface area contributed by atoms with Crippen molar-refractivity contribution < 1.29 is 4.79 Å². The van der Waals surface area contributed by atoms with Gasteiger partial charge < -0.3 is 4.90 Å². The lowest BCUT2D eigenvalue weighted by atomic mass is 10.2. The van der Waals surface area contributed by atoms with Crippen LogP contribution in [0.5, 0.6) is 0 Å². The fourth-order valence-corrected chi connectivity index (χ4v) is 4.34. The van der Waals surface area contributed by atoms with Crippen LogP contribution in [0.4, 0.5) is 5.69 Å². The van der Waals surface area contributed by atoms with Gasteiger partial charge in [0.25, 0.3) is 0 Å². The molecule has 2 aliphatic heterocycles. The number of nitrogens with zero attached hydrogens (tertiary/aromatic N) is 2. The summed E-state index contributed by atoms with van der Waals surface area (Å²) in [6.45, 7) is 4.77. The highest BCUT2D eigenvalue weighted by molar-refractivity contribution is 9.10. The summed E-state index contributed by atoms with van der Waals surface area (Å²) >= 11 is 5.47. The number of carbonyl (C=O) groups is 1. The highest BCUT2D eigenvalue weighted by atomic mass is 79.9. The second kappa shape index (κ2) is 5.46. The molecule has 0 atom stereocenters. The monoisotopic (exact) mass is 340 g/mol. The Morgan fingerprint density at radius 2 is 2.00 bits per heavy atom. The number of carbonyl (C=O) groups excluding carboxylic acids is 1. The van der Waals surface area contributed by atoms with E-state index in [-0.39, 0.29) is 5.91 Å². The van der Waals surface area contributed by atoms with Crippen molar-refractivity contribution in [3.8, 4) is 0 Å². The summed E-state index contributed by atoms with van der Waals surface area (Å²) < 4.78 is 3.55. The molecule has 1 fully saturated rings. The molecule has 0 spiro atoms. The molecule has 0 aliphatic carbocycles. The van der Waals surface area contributed by atoms with Gasteiger partial charge in [-0.3, -0.25) is 4.79 Å². The van der Waals surface area contributed by atoms with Crippen LogP contribution in [0, 0.1) is 0 Å². The maximum atomic E-state index is 11.6. The highest BCUT2D eigenvalue weighted by Gasteiger charge is 2.24. The fraction of sp³-hybridized carbons (Fsp3) is 0.500. The van der Waals surface area contributed by atoms with E-state index in [1.165, 1.54) is 23.3 Å². The summed E-state index contributed by atoms with van der Waals surface area (Å²) in [6.07, 6.45) is 3.53. The standard InChI is InChI=1S/C14H17BrN2OS/c1-10(18)17-7-4-11-8-12(15)14(9-13(11)17)19-16-5-2-3-6-16/h8-9H,2-7H2,1H3. The number of halogens is 1. The van der Waals surface area contributed by atoms with Crippen molar-refractivity contribution in [1.82, 2.24) is 4.31 Å². The maximum absolute atomic E-state index is 11.6. The molecule has 1 saturated heterocycles. The van der Waals surface area contributed by atoms with Gasteiger partial charge in [0.15, 0.2) is 0 Å². The molecule has 0 N–H and O–H groups in total. The van der Waals surface area contributed by atoms with Crippen molar-refractivity contribution in [2.75, 3.05) is 24.5 Å². The van der Waals surface area contributed by atoms with Crippen LogP contribution in [-0.2, 0) is 11.2 Å². The van der Waals surface area contributed by atoms with E-state index < -0.39 is 0 Å². The van der Waals surface area contributed by atoms with Gasteiger partial charge in [-0.15, -0.1) is 0 Å². The SMILES string of the molecule is CC(=O)N1CCc2cc(Br)c(SN3CCCC3)cc21. The molecule has 0 saturated carbocycles. The van der Waals surface area contributed by atoms with Gasteiger partial charge in [0.05, 0.1) is 0 Å². The molecule has 1 aromatic rings. The Hall–Kier alpha value is -0.520. The van der Waals surface area contributed by atoms with Crippen molar-refractivity contribution >= 4 is 39.5 Å². The van der Waals surface area contributed by atoms with E-state index in [4.69, 9.17) is 0 Å². The van der Waals surface area contributed by atoms with E-state index in [2.05, 4.69) is 32.4 Å². The molecule has 19 heavy (non-hydrogen) atoms. The van der Waals surface area contributed by atoms with E-state index in [0.29, 0.717) is 0 Å². The molecular weight excluding hydrogens is 324 g/mol. The minimum absolute atomic E-state index is 0.137. The quantitative estimate of drug-likeness (QED) is 0.770. The Morgan fingerprint density at radius 3 is 2.68 bits per heavy atom. The van der Waals surface area contributed by atoms with Gasteiger partial charge in [0.1, 0.15) is 0 Å². The van der Waals surface area contributed by atoms with Crippen LogP contribution in [0.1, 0.15) is 25.3 Å². The van der Waals surface area contributed by atoms with Crippen LogP contribution in [0.2, 0.25) is 0 Å². The topological polar surface area (TPSA) is 23.6 Å². The normalized spacial score (nSPS) is 18.9. The van der Waals surface area contributed by atoms with Crippen LogP contribution >= 0.6 is 27.9 Å². The summed E-state index contributed by atoms with van der Waals surface area (Å²) in [4.78, 5) is 14.7. The number of hydrogen-bond acceptors (Lipinski definition) is 3. The van der Waals surface area contributed by atoms with Crippen LogP contribution in [-0.4, -0.2) is 29.8 Å². The summed E-state index contributed by atoms with van der Waals surface area (Å²) in [7, 11) is 0. The number of benzene rings is 1. The number of hydrogen-bond donors (Lipinski definition) is 0. The van der Waals surface area contributed by atoms with Gasteiger partial charge in [0.2, 0.25) is 5.91 Å². The van der Waals surface area contributed by atoms with E-state index in [9.17, 15) is 4.79 Å². The molecule has 2 heterocycles. The van der Waals surface area contributed by atoms with E-state index in [0.717, 1.165) is 36.2 Å². The summed E-state index contributed by atoms with van der Waals surface area (Å²) in [5.41, 5.74) is 2.37. The van der Waals surface area contributed by atoms with Crippen LogP contribution < -0.4 is 4.90 Å². The molecule has 3 nitrogen and oxygen atoms in total. The van der Waals surface area contributed by atoms with Gasteiger partial charge in [-0.25, -0.2) is 4.31 Å². The molecule has 1 amide bonds. The lowest BCUT2D eigenvalue weighted by Crippen LogP contribution is -2.25. The molecule has 0 aromatic heterocycles. The summed E-state index contributed by atoms with van der Waals surface area (Å²) in [5.74, 6) is 0.137. The first kappa shape index (κ1) is 13.5. The van der Waals surface area contributed by atoms with Crippen LogP contribution in [0.3, 0.4) is 0 Å². The fourth-order valence-electron chi connectivity index (χ4n) is 2.70. The number of rotatable bonds is 2. The average Bonchev–Trinajstić information content (AvgIpc) is 2.98. The third kappa shape index (κ3) is 2.69. The van der Waals surface area contributed by atoms with Gasteiger partial charge in [-0.2, -0.15) is 0 Å². The van der Waals surface area contributed by atoms with Crippen molar-refractivity contribution in [1.29, 1.82) is 0 Å². The van der Waals surface area contributed by atoms with Crippen LogP contribution in [0.25, 0.3) is 0 Å². The van der Waals surface area contributed by atoms with E-state index in [1.54, 1.807) is 18.9 Å². The minimum atomic E-state index is 0.137. The molecule has 2 aliphatic rings. The Balaban J connectivity index is 1.89. The average molecular weight is 341 g/mol. The van der Waals surface area contributed by atoms with Gasteiger partial charge >= 0.3 is 0 Å². The Kier molecular flexibility index (Phi) is 3.87. The number of anilines is 1. The molecule has 0 bridgehead atoms. The predicted octanol–water partition coefficient (Wildman–Crippen LogP) is 3.46. The summed E-state index contributed by atoms with van der Waals surface area (Å²) in [5, 5.41) is 0. The van der Waals surface area contributed by atoms with E-state index >= 15 is 0 Å². The first-order valence-corrected chi connectivity index (χ1v) is 8.25. The molecule has 0 radical (unpaired) electrons. The van der Waals surface area contributed by atoms with Crippen LogP contribution in [0.15, 0.2) is 21.5 Å². The molecular formula is C14H17BrN2OS. The molecule has 3 rings (SSSR count). The Labute approximate surface area is 126 Å². The van der Waals surface area contributed by atoms with Crippen molar-refractivity contribution in [3.63, 3.8) is 0 Å². The van der Waals surface area contributed by atoms with E-state index in [1.807, 2.05) is 4.90 Å². The zero-order chi connectivity index (χ0) is 13.4. The second-order valence-electron chi connectivity index (χ2n) is 5.06. The Morgan fingerprint density at radius 1 is 1.26 bits per heavy atom. The summed E-state index contributed by atoms with van der Waals surface area (Å²) in [6, 6.07) is 4.34. The zero-order valence-corrected chi connectivity index (χ0v) is 13.4.